The predicted octanol–water partition coefficient (Wildman–Crippen LogP) is 2.45. The maximum absolute atomic E-state index is 13.1. The Morgan fingerprint density at radius 2 is 2.07 bits per heavy atom. The molecule has 6 heteroatoms. The number of carbonyl (C=O) groups is 1. The molecule has 1 amide bonds. The number of fused-ring (bicyclic) bond motifs is 1. The van der Waals surface area contributed by atoms with Crippen molar-refractivity contribution < 1.29 is 24.1 Å². The molecule has 2 fully saturated rings. The zero-order valence-electron chi connectivity index (χ0n) is 16.8. The first-order valence-corrected chi connectivity index (χ1v) is 9.64. The van der Waals surface area contributed by atoms with Crippen LogP contribution < -0.4 is 5.32 Å². The molecule has 1 aromatic rings. The monoisotopic (exact) mass is 377 g/mol. The topological polar surface area (TPSA) is 77.0 Å². The van der Waals surface area contributed by atoms with Gasteiger partial charge < -0.3 is 24.6 Å². The Bertz CT molecular complexity index is 689. The predicted molar refractivity (Wildman–Crippen MR) is 101 cm³/mol. The highest BCUT2D eigenvalue weighted by atomic mass is 16.8. The summed E-state index contributed by atoms with van der Waals surface area (Å²) in [7, 11) is 0. The zero-order valence-corrected chi connectivity index (χ0v) is 16.8. The molecule has 4 atom stereocenters. The highest BCUT2D eigenvalue weighted by Gasteiger charge is 2.57. The molecule has 0 radical (unpaired) electrons. The molecule has 1 aliphatic carbocycles. The van der Waals surface area contributed by atoms with E-state index in [4.69, 9.17) is 14.2 Å². The first-order chi connectivity index (χ1) is 12.6. The molecule has 3 rings (SSSR count). The van der Waals surface area contributed by atoms with Crippen LogP contribution in [0.25, 0.3) is 0 Å². The van der Waals surface area contributed by atoms with E-state index in [2.05, 4.69) is 5.32 Å². The average molecular weight is 377 g/mol. The van der Waals surface area contributed by atoms with Crippen LogP contribution in [0.3, 0.4) is 0 Å². The van der Waals surface area contributed by atoms with E-state index in [-0.39, 0.29) is 24.5 Å². The summed E-state index contributed by atoms with van der Waals surface area (Å²) in [5, 5.41) is 13.7. The normalized spacial score (nSPS) is 32.3. The number of rotatable bonds is 5. The van der Waals surface area contributed by atoms with Crippen molar-refractivity contribution in [2.45, 2.75) is 89.8 Å². The molecular formula is C21H31NO5. The third-order valence-corrected chi connectivity index (χ3v) is 5.10. The third-order valence-electron chi connectivity index (χ3n) is 5.10. The van der Waals surface area contributed by atoms with Crippen molar-refractivity contribution in [2.24, 2.45) is 0 Å². The number of carbonyl (C=O) groups excluding carboxylic acids is 1. The van der Waals surface area contributed by atoms with Crippen LogP contribution in [0, 0.1) is 6.92 Å². The van der Waals surface area contributed by atoms with Gasteiger partial charge in [-0.25, -0.2) is 0 Å². The van der Waals surface area contributed by atoms with E-state index in [0.717, 1.165) is 11.1 Å². The summed E-state index contributed by atoms with van der Waals surface area (Å²) < 4.78 is 18.0. The summed E-state index contributed by atoms with van der Waals surface area (Å²) in [6.07, 6.45) is -1.14. The minimum absolute atomic E-state index is 0.0241. The summed E-state index contributed by atoms with van der Waals surface area (Å²) in [4.78, 5) is 13.1. The second kappa shape index (κ2) is 7.51. The van der Waals surface area contributed by atoms with Crippen molar-refractivity contribution >= 4 is 5.91 Å². The molecule has 0 aromatic heterocycles. The van der Waals surface area contributed by atoms with Gasteiger partial charge in [-0.15, -0.1) is 0 Å². The van der Waals surface area contributed by atoms with Crippen molar-refractivity contribution in [3.63, 3.8) is 0 Å². The van der Waals surface area contributed by atoms with Gasteiger partial charge in [-0.3, -0.25) is 4.79 Å². The van der Waals surface area contributed by atoms with E-state index < -0.39 is 23.6 Å². The van der Waals surface area contributed by atoms with Gasteiger partial charge in [-0.2, -0.15) is 0 Å². The fraction of sp³-hybridized carbons (Fsp3) is 0.667. The SMILES string of the molecule is Cc1cccc(CO[C@]2(C(=O)NC(C)C)C[C@@H](O)[C@@H]3OC(C)(C)O[C@@H]3C2)c1. The van der Waals surface area contributed by atoms with Crippen LogP contribution in [-0.4, -0.2) is 46.8 Å². The minimum Gasteiger partial charge on any atom is -0.390 e. The van der Waals surface area contributed by atoms with E-state index in [9.17, 15) is 9.90 Å². The van der Waals surface area contributed by atoms with Gasteiger partial charge in [0.25, 0.3) is 5.91 Å². The summed E-state index contributed by atoms with van der Waals surface area (Å²) in [6, 6.07) is 7.97. The summed E-state index contributed by atoms with van der Waals surface area (Å²) in [5.74, 6) is -0.992. The molecule has 2 aliphatic rings. The van der Waals surface area contributed by atoms with Gasteiger partial charge >= 0.3 is 0 Å². The Morgan fingerprint density at radius 1 is 1.33 bits per heavy atom. The highest BCUT2D eigenvalue weighted by Crippen LogP contribution is 2.43. The van der Waals surface area contributed by atoms with Crippen molar-refractivity contribution in [3.8, 4) is 0 Å². The molecule has 2 N–H and O–H groups in total. The Balaban J connectivity index is 1.83. The molecular weight excluding hydrogens is 346 g/mol. The number of aliphatic hydroxyl groups excluding tert-OH is 1. The van der Waals surface area contributed by atoms with Gasteiger partial charge in [-0.1, -0.05) is 29.8 Å². The highest BCUT2D eigenvalue weighted by molar-refractivity contribution is 5.85. The van der Waals surface area contributed by atoms with Crippen LogP contribution in [0.1, 0.15) is 51.7 Å². The first-order valence-electron chi connectivity index (χ1n) is 9.64. The number of hydrogen-bond donors (Lipinski definition) is 2. The van der Waals surface area contributed by atoms with Crippen molar-refractivity contribution in [2.75, 3.05) is 0 Å². The van der Waals surface area contributed by atoms with Crippen molar-refractivity contribution in [3.05, 3.63) is 35.4 Å². The largest absolute Gasteiger partial charge is 0.390 e. The third kappa shape index (κ3) is 4.51. The molecule has 1 heterocycles. The van der Waals surface area contributed by atoms with Crippen LogP contribution in [0.4, 0.5) is 0 Å². The van der Waals surface area contributed by atoms with Gasteiger partial charge in [0.15, 0.2) is 11.4 Å². The van der Waals surface area contributed by atoms with E-state index >= 15 is 0 Å². The van der Waals surface area contributed by atoms with Crippen LogP contribution in [0.15, 0.2) is 24.3 Å². The average Bonchev–Trinajstić information content (AvgIpc) is 2.87. The van der Waals surface area contributed by atoms with E-state index in [1.165, 1.54) is 0 Å². The molecule has 27 heavy (non-hydrogen) atoms. The smallest absolute Gasteiger partial charge is 0.252 e. The van der Waals surface area contributed by atoms with Gasteiger partial charge in [0.05, 0.1) is 18.8 Å². The number of benzene rings is 1. The molecule has 150 valence electrons. The number of nitrogens with one attached hydrogen (secondary N) is 1. The van der Waals surface area contributed by atoms with Crippen LogP contribution in [0.2, 0.25) is 0 Å². The lowest BCUT2D eigenvalue weighted by Crippen LogP contribution is -2.60. The summed E-state index contributed by atoms with van der Waals surface area (Å²) >= 11 is 0. The minimum atomic E-state index is -1.15. The summed E-state index contributed by atoms with van der Waals surface area (Å²) in [6.45, 7) is 9.77. The Morgan fingerprint density at radius 3 is 2.74 bits per heavy atom. The lowest BCUT2D eigenvalue weighted by atomic mass is 9.78. The number of ether oxygens (including phenoxy) is 3. The number of amides is 1. The molecule has 1 aromatic carbocycles. The van der Waals surface area contributed by atoms with Crippen molar-refractivity contribution in [1.29, 1.82) is 0 Å². The standard InChI is InChI=1S/C21H31NO5/c1-13(2)22-19(24)21(25-12-15-8-6-7-14(3)9-15)10-16(23)18-17(11-21)26-20(4,5)27-18/h6-9,13,16-18,23H,10-12H2,1-5H3,(H,22,24)/t16-,17-,18+,21-/m1/s1. The lowest BCUT2D eigenvalue weighted by molar-refractivity contribution is -0.175. The Kier molecular flexibility index (Phi) is 5.64. The lowest BCUT2D eigenvalue weighted by Gasteiger charge is -2.42. The van der Waals surface area contributed by atoms with E-state index in [1.54, 1.807) is 0 Å². The molecule has 0 bridgehead atoms. The number of aliphatic hydroxyl groups is 1. The van der Waals surface area contributed by atoms with E-state index in [1.807, 2.05) is 58.9 Å². The van der Waals surface area contributed by atoms with E-state index in [0.29, 0.717) is 13.0 Å². The van der Waals surface area contributed by atoms with Gasteiger partial charge in [0.1, 0.15) is 6.10 Å². The number of aryl methyl sites for hydroxylation is 1. The van der Waals surface area contributed by atoms with Gasteiger partial charge in [0.2, 0.25) is 0 Å². The summed E-state index contributed by atoms with van der Waals surface area (Å²) in [5.41, 5.74) is 0.973. The Labute approximate surface area is 161 Å². The number of hydrogen-bond acceptors (Lipinski definition) is 5. The molecule has 0 unspecified atom stereocenters. The van der Waals surface area contributed by atoms with Crippen molar-refractivity contribution in [1.82, 2.24) is 5.32 Å². The van der Waals surface area contributed by atoms with Crippen LogP contribution in [0.5, 0.6) is 0 Å². The molecule has 6 nitrogen and oxygen atoms in total. The fourth-order valence-corrected chi connectivity index (χ4v) is 4.00. The molecule has 1 saturated carbocycles. The second-order valence-electron chi connectivity index (χ2n) is 8.51. The van der Waals surface area contributed by atoms with Gasteiger partial charge in [-0.05, 0) is 40.2 Å². The maximum atomic E-state index is 13.1. The first kappa shape index (κ1) is 20.3. The molecule has 1 saturated heterocycles. The quantitative estimate of drug-likeness (QED) is 0.824. The van der Waals surface area contributed by atoms with Crippen LogP contribution >= 0.6 is 0 Å². The molecule has 1 aliphatic heterocycles. The van der Waals surface area contributed by atoms with Gasteiger partial charge in [0, 0.05) is 18.9 Å². The molecule has 0 spiro atoms. The fourth-order valence-electron chi connectivity index (χ4n) is 4.00. The van der Waals surface area contributed by atoms with Crippen LogP contribution in [-0.2, 0) is 25.6 Å². The zero-order chi connectivity index (χ0) is 19.8. The second-order valence-corrected chi connectivity index (χ2v) is 8.51. The maximum Gasteiger partial charge on any atom is 0.252 e. The Hall–Kier alpha value is -1.47.